The third kappa shape index (κ3) is 2.79. The lowest BCUT2D eigenvalue weighted by Crippen LogP contribution is -2.27. The van der Waals surface area contributed by atoms with Crippen LogP contribution in [0, 0.1) is 6.92 Å². The molecule has 0 bridgehead atoms. The first-order chi connectivity index (χ1) is 10.0. The van der Waals surface area contributed by atoms with Gasteiger partial charge in [0.25, 0.3) is 0 Å². The average molecular weight is 342 g/mol. The first-order valence-corrected chi connectivity index (χ1v) is 7.66. The molecule has 0 spiro atoms. The summed E-state index contributed by atoms with van der Waals surface area (Å²) in [5.41, 5.74) is 4.97. The Bertz CT molecular complexity index is 731. The molecule has 0 saturated heterocycles. The molecule has 106 valence electrons. The maximum absolute atomic E-state index is 12.6. The second-order valence-corrected chi connectivity index (χ2v) is 6.34. The Balaban J connectivity index is 1.99. The van der Waals surface area contributed by atoms with Gasteiger partial charge in [-0.1, -0.05) is 45.8 Å². The third-order valence-electron chi connectivity index (χ3n) is 3.74. The number of anilines is 1. The molecule has 2 aromatic carbocycles. The number of nitrogens with zero attached hydrogens (tertiary/aromatic N) is 1. The summed E-state index contributed by atoms with van der Waals surface area (Å²) in [6.45, 7) is 2.66. The maximum Gasteiger partial charge on any atom is 0.190 e. The fraction of sp³-hybridized carbons (Fsp3) is 0.167. The lowest BCUT2D eigenvalue weighted by Gasteiger charge is -2.27. The summed E-state index contributed by atoms with van der Waals surface area (Å²) in [7, 11) is 2.02. The Morgan fingerprint density at radius 3 is 2.57 bits per heavy atom. The number of carbonyl (C=O) groups excluding carboxylic acids is 1. The number of rotatable bonds is 2. The SMILES string of the molecule is Cc1ccc(C(=O)C2=Cc3cc(Br)ccc3N(C)C2)cc1. The molecule has 21 heavy (non-hydrogen) atoms. The van der Waals surface area contributed by atoms with E-state index >= 15 is 0 Å². The minimum absolute atomic E-state index is 0.104. The molecule has 0 unspecified atom stereocenters. The molecule has 0 aliphatic carbocycles. The van der Waals surface area contributed by atoms with Gasteiger partial charge in [-0.15, -0.1) is 0 Å². The van der Waals surface area contributed by atoms with E-state index < -0.39 is 0 Å². The Labute approximate surface area is 133 Å². The molecule has 3 heteroatoms. The van der Waals surface area contributed by atoms with Crippen LogP contribution >= 0.6 is 15.9 Å². The fourth-order valence-corrected chi connectivity index (χ4v) is 2.97. The number of Topliss-reactive ketones (excluding diaryl/α,β-unsaturated/α-hetero) is 1. The molecular weight excluding hydrogens is 326 g/mol. The van der Waals surface area contributed by atoms with Gasteiger partial charge in [0, 0.05) is 34.9 Å². The summed E-state index contributed by atoms with van der Waals surface area (Å²) < 4.78 is 1.02. The van der Waals surface area contributed by atoms with Crippen LogP contribution in [0.5, 0.6) is 0 Å². The summed E-state index contributed by atoms with van der Waals surface area (Å²) >= 11 is 3.49. The number of hydrogen-bond acceptors (Lipinski definition) is 2. The lowest BCUT2D eigenvalue weighted by atomic mass is 9.96. The van der Waals surface area contributed by atoms with Crippen molar-refractivity contribution in [3.05, 3.63) is 69.2 Å². The van der Waals surface area contributed by atoms with Crippen LogP contribution in [0.4, 0.5) is 5.69 Å². The summed E-state index contributed by atoms with van der Waals surface area (Å²) in [6, 6.07) is 13.9. The van der Waals surface area contributed by atoms with Crippen molar-refractivity contribution in [1.82, 2.24) is 0 Å². The zero-order chi connectivity index (χ0) is 15.0. The molecular formula is C18H16BrNO. The van der Waals surface area contributed by atoms with E-state index in [4.69, 9.17) is 0 Å². The van der Waals surface area contributed by atoms with E-state index in [0.29, 0.717) is 6.54 Å². The van der Waals surface area contributed by atoms with E-state index in [-0.39, 0.29) is 5.78 Å². The molecule has 0 radical (unpaired) electrons. The number of hydrogen-bond donors (Lipinski definition) is 0. The van der Waals surface area contributed by atoms with Crippen LogP contribution < -0.4 is 4.90 Å². The van der Waals surface area contributed by atoms with E-state index in [1.54, 1.807) is 0 Å². The Hall–Kier alpha value is -1.87. The normalized spacial score (nSPS) is 13.7. The van der Waals surface area contributed by atoms with Crippen molar-refractivity contribution in [2.45, 2.75) is 6.92 Å². The third-order valence-corrected chi connectivity index (χ3v) is 4.24. The minimum Gasteiger partial charge on any atom is -0.370 e. The van der Waals surface area contributed by atoms with Gasteiger partial charge in [-0.3, -0.25) is 4.79 Å². The summed E-state index contributed by atoms with van der Waals surface area (Å²) in [5, 5.41) is 0. The summed E-state index contributed by atoms with van der Waals surface area (Å²) in [5.74, 6) is 0.104. The number of halogens is 1. The highest BCUT2D eigenvalue weighted by atomic mass is 79.9. The van der Waals surface area contributed by atoms with Gasteiger partial charge in [-0.05, 0) is 36.8 Å². The highest BCUT2D eigenvalue weighted by Gasteiger charge is 2.20. The summed E-state index contributed by atoms with van der Waals surface area (Å²) in [4.78, 5) is 14.8. The molecule has 1 aliphatic rings. The lowest BCUT2D eigenvalue weighted by molar-refractivity contribution is 0.103. The Morgan fingerprint density at radius 2 is 1.86 bits per heavy atom. The van der Waals surface area contributed by atoms with Crippen LogP contribution in [0.2, 0.25) is 0 Å². The van der Waals surface area contributed by atoms with E-state index in [2.05, 4.69) is 26.9 Å². The first kappa shape index (κ1) is 14.1. The van der Waals surface area contributed by atoms with E-state index in [1.807, 2.05) is 56.4 Å². The molecule has 0 amide bonds. The second-order valence-electron chi connectivity index (χ2n) is 5.42. The van der Waals surface area contributed by atoms with Gasteiger partial charge in [0.1, 0.15) is 0 Å². The van der Waals surface area contributed by atoms with Crippen molar-refractivity contribution in [2.75, 3.05) is 18.5 Å². The van der Waals surface area contributed by atoms with E-state index in [9.17, 15) is 4.79 Å². The maximum atomic E-state index is 12.6. The Kier molecular flexibility index (Phi) is 3.68. The van der Waals surface area contributed by atoms with Gasteiger partial charge in [0.05, 0.1) is 0 Å². The molecule has 0 aromatic heterocycles. The minimum atomic E-state index is 0.104. The smallest absolute Gasteiger partial charge is 0.190 e. The monoisotopic (exact) mass is 341 g/mol. The second kappa shape index (κ2) is 5.49. The van der Waals surface area contributed by atoms with Crippen LogP contribution in [0.25, 0.3) is 6.08 Å². The number of benzene rings is 2. The predicted octanol–water partition coefficient (Wildman–Crippen LogP) is 4.47. The van der Waals surface area contributed by atoms with E-state index in [0.717, 1.165) is 32.4 Å². The van der Waals surface area contributed by atoms with Crippen molar-refractivity contribution in [1.29, 1.82) is 0 Å². The standard InChI is InChI=1S/C18H16BrNO/c1-12-3-5-13(6-4-12)18(21)15-9-14-10-16(19)7-8-17(14)20(2)11-15/h3-10H,11H2,1-2H3. The number of fused-ring (bicyclic) bond motifs is 1. The van der Waals surface area contributed by atoms with Crippen LogP contribution in [-0.2, 0) is 0 Å². The Morgan fingerprint density at radius 1 is 1.14 bits per heavy atom. The number of ketones is 1. The number of carbonyl (C=O) groups is 1. The number of aryl methyl sites for hydroxylation is 1. The van der Waals surface area contributed by atoms with Gasteiger partial charge in [-0.2, -0.15) is 0 Å². The van der Waals surface area contributed by atoms with Gasteiger partial charge in [0.2, 0.25) is 0 Å². The van der Waals surface area contributed by atoms with Crippen molar-refractivity contribution >= 4 is 33.5 Å². The highest BCUT2D eigenvalue weighted by molar-refractivity contribution is 9.10. The van der Waals surface area contributed by atoms with Gasteiger partial charge >= 0.3 is 0 Å². The molecule has 3 rings (SSSR count). The fourth-order valence-electron chi connectivity index (χ4n) is 2.59. The van der Waals surface area contributed by atoms with Crippen molar-refractivity contribution in [3.8, 4) is 0 Å². The highest BCUT2D eigenvalue weighted by Crippen LogP contribution is 2.31. The molecule has 2 aromatic rings. The van der Waals surface area contributed by atoms with Crippen LogP contribution in [0.3, 0.4) is 0 Å². The molecule has 2 nitrogen and oxygen atoms in total. The molecule has 0 fully saturated rings. The molecule has 0 atom stereocenters. The van der Waals surface area contributed by atoms with Gasteiger partial charge < -0.3 is 4.90 Å². The predicted molar refractivity (Wildman–Crippen MR) is 90.9 cm³/mol. The molecule has 1 aliphatic heterocycles. The zero-order valence-electron chi connectivity index (χ0n) is 12.1. The van der Waals surface area contributed by atoms with Crippen LogP contribution in [0.15, 0.2) is 52.5 Å². The van der Waals surface area contributed by atoms with Crippen molar-refractivity contribution < 1.29 is 4.79 Å². The zero-order valence-corrected chi connectivity index (χ0v) is 13.6. The topological polar surface area (TPSA) is 20.3 Å². The average Bonchev–Trinajstić information content (AvgIpc) is 2.46. The largest absolute Gasteiger partial charge is 0.370 e. The van der Waals surface area contributed by atoms with Crippen LogP contribution in [-0.4, -0.2) is 19.4 Å². The summed E-state index contributed by atoms with van der Waals surface area (Å²) in [6.07, 6.45) is 2.00. The first-order valence-electron chi connectivity index (χ1n) is 6.87. The van der Waals surface area contributed by atoms with E-state index in [1.165, 1.54) is 0 Å². The van der Waals surface area contributed by atoms with Crippen molar-refractivity contribution in [2.24, 2.45) is 0 Å². The molecule has 0 N–H and O–H groups in total. The van der Waals surface area contributed by atoms with Crippen molar-refractivity contribution in [3.63, 3.8) is 0 Å². The molecule has 1 heterocycles. The van der Waals surface area contributed by atoms with Gasteiger partial charge in [-0.25, -0.2) is 0 Å². The quantitative estimate of drug-likeness (QED) is 0.751. The number of likely N-dealkylation sites (N-methyl/N-ethyl adjacent to an activating group) is 1. The van der Waals surface area contributed by atoms with Gasteiger partial charge in [0.15, 0.2) is 5.78 Å². The molecule has 0 saturated carbocycles. The van der Waals surface area contributed by atoms with Crippen LogP contribution in [0.1, 0.15) is 21.5 Å².